The second-order valence-electron chi connectivity index (χ2n) is 14.3. The first-order chi connectivity index (χ1) is 28.2. The fourth-order valence-corrected chi connectivity index (χ4v) is 8.06. The van der Waals surface area contributed by atoms with E-state index in [0.29, 0.717) is 17.5 Å². The molecule has 3 aromatic heterocycles. The zero-order valence-corrected chi connectivity index (χ0v) is 31.0. The number of hydrogen-bond donors (Lipinski definition) is 0. The van der Waals surface area contributed by atoms with Crippen molar-refractivity contribution in [3.63, 3.8) is 0 Å². The molecule has 5 heteroatoms. The first-order valence-electron chi connectivity index (χ1n) is 19.1. The average molecular weight is 732 g/mol. The molecule has 0 bridgehead atoms. The van der Waals surface area contributed by atoms with Gasteiger partial charge >= 0.3 is 0 Å². The van der Waals surface area contributed by atoms with Crippen molar-refractivity contribution in [3.8, 4) is 56.4 Å². The van der Waals surface area contributed by atoms with Crippen LogP contribution >= 0.6 is 0 Å². The standard InChI is InChI=1S/C52H33N3O2/c1-2-11-32-12-8-9-17-40(32)33-20-22-35(23-21-33)51-53-50(34-13-4-3-5-14-34)54-52(55-51)42-18-10-19-46-49(42)44-29-38(25-27-45(44)56-46)39-24-26-41-43-28-36-15-6-7-16-37(36)30-48(43)57-47(41)31-39/h2-31H,1H3/b11-2-. The van der Waals surface area contributed by atoms with Gasteiger partial charge < -0.3 is 8.83 Å². The number of nitrogens with zero attached hydrogens (tertiary/aromatic N) is 3. The summed E-state index contributed by atoms with van der Waals surface area (Å²) in [5.41, 5.74) is 11.6. The van der Waals surface area contributed by atoms with Crippen LogP contribution in [0, 0.1) is 0 Å². The molecule has 11 aromatic rings. The topological polar surface area (TPSA) is 65.0 Å². The molecular formula is C52H33N3O2. The molecule has 268 valence electrons. The minimum Gasteiger partial charge on any atom is -0.456 e. The van der Waals surface area contributed by atoms with Crippen LogP contribution < -0.4 is 0 Å². The highest BCUT2D eigenvalue weighted by molar-refractivity contribution is 6.14. The Labute approximate surface area is 328 Å². The molecule has 0 unspecified atom stereocenters. The molecule has 57 heavy (non-hydrogen) atoms. The van der Waals surface area contributed by atoms with Gasteiger partial charge in [0, 0.05) is 38.2 Å². The van der Waals surface area contributed by atoms with E-state index in [1.54, 1.807) is 0 Å². The van der Waals surface area contributed by atoms with E-state index in [-0.39, 0.29) is 0 Å². The highest BCUT2D eigenvalue weighted by Crippen LogP contribution is 2.40. The van der Waals surface area contributed by atoms with Gasteiger partial charge in [-0.25, -0.2) is 15.0 Å². The van der Waals surface area contributed by atoms with Crippen LogP contribution in [-0.4, -0.2) is 15.0 Å². The Morgan fingerprint density at radius 1 is 0.386 bits per heavy atom. The van der Waals surface area contributed by atoms with Gasteiger partial charge in [0.2, 0.25) is 0 Å². The third kappa shape index (κ3) is 5.68. The first kappa shape index (κ1) is 32.8. The van der Waals surface area contributed by atoms with E-state index < -0.39 is 0 Å². The Morgan fingerprint density at radius 2 is 1.00 bits per heavy atom. The third-order valence-electron chi connectivity index (χ3n) is 10.8. The van der Waals surface area contributed by atoms with E-state index in [1.165, 1.54) is 21.9 Å². The number of benzene rings is 8. The lowest BCUT2D eigenvalue weighted by Crippen LogP contribution is -2.00. The smallest absolute Gasteiger partial charge is 0.164 e. The summed E-state index contributed by atoms with van der Waals surface area (Å²) in [7, 11) is 0. The predicted octanol–water partition coefficient (Wildman–Crippen LogP) is 14.2. The van der Waals surface area contributed by atoms with Crippen LogP contribution in [0.5, 0.6) is 0 Å². The van der Waals surface area contributed by atoms with Gasteiger partial charge in [-0.3, -0.25) is 0 Å². The SMILES string of the molecule is C/C=C\c1ccccc1-c1ccc(-c2nc(-c3ccccc3)nc(-c3cccc4oc5ccc(-c6ccc7c(c6)oc6cc8ccccc8cc67)cc5c34)n2)cc1. The molecular weight excluding hydrogens is 699 g/mol. The Morgan fingerprint density at radius 3 is 1.82 bits per heavy atom. The molecule has 0 fully saturated rings. The molecule has 0 saturated heterocycles. The van der Waals surface area contributed by atoms with Crippen LogP contribution in [0.25, 0.3) is 117 Å². The van der Waals surface area contributed by atoms with E-state index in [2.05, 4.69) is 133 Å². The zero-order valence-electron chi connectivity index (χ0n) is 31.0. The maximum Gasteiger partial charge on any atom is 0.164 e. The summed E-state index contributed by atoms with van der Waals surface area (Å²) < 4.78 is 12.9. The van der Waals surface area contributed by atoms with Gasteiger partial charge in [-0.2, -0.15) is 0 Å². The highest BCUT2D eigenvalue weighted by atomic mass is 16.3. The molecule has 5 nitrogen and oxygen atoms in total. The van der Waals surface area contributed by atoms with Gasteiger partial charge in [0.1, 0.15) is 22.3 Å². The van der Waals surface area contributed by atoms with Crippen LogP contribution in [-0.2, 0) is 0 Å². The maximum atomic E-state index is 6.47. The Bertz CT molecular complexity index is 3360. The van der Waals surface area contributed by atoms with Crippen LogP contribution in [0.4, 0.5) is 0 Å². The van der Waals surface area contributed by atoms with E-state index >= 15 is 0 Å². The van der Waals surface area contributed by atoms with Crippen LogP contribution in [0.15, 0.2) is 185 Å². The number of fused-ring (bicyclic) bond motifs is 7. The molecule has 0 aliphatic rings. The van der Waals surface area contributed by atoms with Crippen molar-refractivity contribution in [3.05, 3.63) is 181 Å². The Hall–Kier alpha value is -7.63. The summed E-state index contributed by atoms with van der Waals surface area (Å²) in [6.45, 7) is 2.04. The number of rotatable bonds is 6. The second-order valence-corrected chi connectivity index (χ2v) is 14.3. The Kier molecular flexibility index (Phi) is 7.64. The molecule has 0 spiro atoms. The summed E-state index contributed by atoms with van der Waals surface area (Å²) in [5.74, 6) is 1.79. The minimum atomic E-state index is 0.580. The fourth-order valence-electron chi connectivity index (χ4n) is 8.06. The zero-order chi connectivity index (χ0) is 37.9. The van der Waals surface area contributed by atoms with E-state index in [1.807, 2.05) is 55.5 Å². The molecule has 0 atom stereocenters. The second kappa shape index (κ2) is 13.3. The van der Waals surface area contributed by atoms with Crippen molar-refractivity contribution in [2.45, 2.75) is 6.92 Å². The van der Waals surface area contributed by atoms with Crippen LogP contribution in [0.2, 0.25) is 0 Å². The number of furan rings is 2. The molecule has 3 heterocycles. The van der Waals surface area contributed by atoms with Crippen LogP contribution in [0.3, 0.4) is 0 Å². The van der Waals surface area contributed by atoms with E-state index in [4.69, 9.17) is 23.8 Å². The molecule has 0 aliphatic carbocycles. The van der Waals surface area contributed by atoms with Crippen molar-refractivity contribution in [2.24, 2.45) is 0 Å². The molecule has 11 rings (SSSR count). The van der Waals surface area contributed by atoms with Gasteiger partial charge in [-0.05, 0) is 88.0 Å². The average Bonchev–Trinajstić information content (AvgIpc) is 3.83. The van der Waals surface area contributed by atoms with E-state index in [9.17, 15) is 0 Å². The third-order valence-corrected chi connectivity index (χ3v) is 10.8. The Balaban J connectivity index is 1.04. The van der Waals surface area contributed by atoms with Gasteiger partial charge in [0.15, 0.2) is 17.5 Å². The molecule has 0 saturated carbocycles. The lowest BCUT2D eigenvalue weighted by molar-refractivity contribution is 0.669. The maximum absolute atomic E-state index is 6.47. The summed E-state index contributed by atoms with van der Waals surface area (Å²) in [4.78, 5) is 15.3. The largest absolute Gasteiger partial charge is 0.456 e. The monoisotopic (exact) mass is 731 g/mol. The van der Waals surface area contributed by atoms with Gasteiger partial charge in [0.05, 0.1) is 0 Å². The number of aromatic nitrogens is 3. The number of allylic oxidation sites excluding steroid dienone is 1. The highest BCUT2D eigenvalue weighted by Gasteiger charge is 2.19. The summed E-state index contributed by atoms with van der Waals surface area (Å²) >= 11 is 0. The molecule has 0 amide bonds. The van der Waals surface area contributed by atoms with Crippen molar-refractivity contribution < 1.29 is 8.83 Å². The molecule has 0 radical (unpaired) electrons. The van der Waals surface area contributed by atoms with Crippen molar-refractivity contribution >= 4 is 60.7 Å². The molecule has 0 aliphatic heterocycles. The van der Waals surface area contributed by atoms with Crippen molar-refractivity contribution in [2.75, 3.05) is 0 Å². The van der Waals surface area contributed by atoms with Crippen LogP contribution in [0.1, 0.15) is 12.5 Å². The van der Waals surface area contributed by atoms with Crippen molar-refractivity contribution in [1.82, 2.24) is 15.0 Å². The summed E-state index contributed by atoms with van der Waals surface area (Å²) in [6.07, 6.45) is 4.20. The minimum absolute atomic E-state index is 0.580. The van der Waals surface area contributed by atoms with Crippen molar-refractivity contribution in [1.29, 1.82) is 0 Å². The first-order valence-corrected chi connectivity index (χ1v) is 19.1. The lowest BCUT2D eigenvalue weighted by Gasteiger charge is -2.10. The van der Waals surface area contributed by atoms with E-state index in [0.717, 1.165) is 77.3 Å². The number of hydrogen-bond acceptors (Lipinski definition) is 5. The van der Waals surface area contributed by atoms with Gasteiger partial charge in [0.25, 0.3) is 0 Å². The summed E-state index contributed by atoms with van der Waals surface area (Å²) in [5, 5.41) is 6.53. The predicted molar refractivity (Wildman–Crippen MR) is 234 cm³/mol. The lowest BCUT2D eigenvalue weighted by atomic mass is 9.98. The summed E-state index contributed by atoms with van der Waals surface area (Å²) in [6, 6.07) is 58.6. The fraction of sp³-hybridized carbons (Fsp3) is 0.0192. The molecule has 8 aromatic carbocycles. The van der Waals surface area contributed by atoms with Gasteiger partial charge in [-0.15, -0.1) is 0 Å². The molecule has 0 N–H and O–H groups in total. The quantitative estimate of drug-likeness (QED) is 0.170. The van der Waals surface area contributed by atoms with Gasteiger partial charge in [-0.1, -0.05) is 140 Å². The normalized spacial score (nSPS) is 11.9.